The fourth-order valence-electron chi connectivity index (χ4n) is 1.41. The summed E-state index contributed by atoms with van der Waals surface area (Å²) in [5, 5.41) is 9.09. The lowest BCUT2D eigenvalue weighted by molar-refractivity contribution is -0.142. The van der Waals surface area contributed by atoms with Crippen LogP contribution in [0.15, 0.2) is 24.3 Å². The average molecular weight is 235 g/mol. The van der Waals surface area contributed by atoms with Gasteiger partial charge in [-0.1, -0.05) is 12.1 Å². The summed E-state index contributed by atoms with van der Waals surface area (Å²) in [5.41, 5.74) is 0.292. The van der Waals surface area contributed by atoms with Crippen LogP contribution in [0.2, 0.25) is 0 Å². The molecule has 0 spiro atoms. The Morgan fingerprint density at radius 2 is 1.59 bits per heavy atom. The fourth-order valence-corrected chi connectivity index (χ4v) is 1.41. The Morgan fingerprint density at radius 3 is 1.94 bits per heavy atom. The van der Waals surface area contributed by atoms with Crippen molar-refractivity contribution in [3.63, 3.8) is 0 Å². The zero-order valence-corrected chi connectivity index (χ0v) is 10.5. The Balaban J connectivity index is 3.04. The predicted octanol–water partition coefficient (Wildman–Crippen LogP) is 1.75. The molecule has 1 rings (SSSR count). The highest BCUT2D eigenvalue weighted by Gasteiger charge is 2.29. The molecule has 0 saturated heterocycles. The third kappa shape index (κ3) is 2.64. The van der Waals surface area contributed by atoms with Gasteiger partial charge in [-0.3, -0.25) is 9.59 Å². The van der Waals surface area contributed by atoms with Crippen LogP contribution in [0, 0.1) is 0 Å². The highest BCUT2D eigenvalue weighted by Crippen LogP contribution is 2.23. The molecule has 1 amide bonds. The van der Waals surface area contributed by atoms with Crippen LogP contribution in [0.4, 0.5) is 0 Å². The van der Waals surface area contributed by atoms with E-state index in [0.29, 0.717) is 11.1 Å². The van der Waals surface area contributed by atoms with E-state index in [-0.39, 0.29) is 5.91 Å². The minimum atomic E-state index is -0.945. The van der Waals surface area contributed by atoms with Crippen molar-refractivity contribution in [2.24, 2.45) is 0 Å². The first kappa shape index (κ1) is 13.2. The van der Waals surface area contributed by atoms with Crippen LogP contribution in [-0.2, 0) is 10.2 Å². The summed E-state index contributed by atoms with van der Waals surface area (Å²) in [6.07, 6.45) is 0. The first-order valence-corrected chi connectivity index (χ1v) is 5.32. The van der Waals surface area contributed by atoms with Crippen molar-refractivity contribution in [1.29, 1.82) is 0 Å². The molecule has 0 aliphatic heterocycles. The molecule has 4 nitrogen and oxygen atoms in total. The number of carbonyl (C=O) groups excluding carboxylic acids is 1. The van der Waals surface area contributed by atoms with Crippen molar-refractivity contribution in [3.05, 3.63) is 35.4 Å². The molecule has 0 fully saturated rings. The second kappa shape index (κ2) is 4.57. The lowest BCUT2D eigenvalue weighted by Crippen LogP contribution is -2.28. The Morgan fingerprint density at radius 1 is 1.12 bits per heavy atom. The van der Waals surface area contributed by atoms with E-state index in [4.69, 9.17) is 5.11 Å². The van der Waals surface area contributed by atoms with Crippen molar-refractivity contribution < 1.29 is 14.7 Å². The van der Waals surface area contributed by atoms with Crippen molar-refractivity contribution in [3.8, 4) is 0 Å². The summed E-state index contributed by atoms with van der Waals surface area (Å²) in [5.74, 6) is -0.978. The van der Waals surface area contributed by atoms with E-state index in [2.05, 4.69) is 0 Å². The summed E-state index contributed by atoms with van der Waals surface area (Å²) in [6, 6.07) is 6.68. The molecule has 0 aliphatic rings. The first-order valence-electron chi connectivity index (χ1n) is 5.32. The van der Waals surface area contributed by atoms with Crippen molar-refractivity contribution in [1.82, 2.24) is 4.90 Å². The highest BCUT2D eigenvalue weighted by molar-refractivity contribution is 5.94. The van der Waals surface area contributed by atoms with E-state index >= 15 is 0 Å². The average Bonchev–Trinajstić information content (AvgIpc) is 2.27. The van der Waals surface area contributed by atoms with Crippen LogP contribution in [0.25, 0.3) is 0 Å². The zero-order chi connectivity index (χ0) is 13.2. The van der Waals surface area contributed by atoms with Gasteiger partial charge in [-0.15, -0.1) is 0 Å². The largest absolute Gasteiger partial charge is 0.481 e. The normalized spacial score (nSPS) is 11.1. The molecule has 0 saturated carbocycles. The molecule has 0 aromatic heterocycles. The number of hydrogen-bond donors (Lipinski definition) is 1. The Hall–Kier alpha value is -1.84. The number of carboxylic acid groups (broad SMARTS) is 1. The van der Waals surface area contributed by atoms with Gasteiger partial charge in [0.2, 0.25) is 0 Å². The molecular weight excluding hydrogens is 218 g/mol. The van der Waals surface area contributed by atoms with Gasteiger partial charge in [0.05, 0.1) is 5.41 Å². The maximum absolute atomic E-state index is 11.6. The fraction of sp³-hybridized carbons (Fsp3) is 0.385. The van der Waals surface area contributed by atoms with Gasteiger partial charge in [-0.25, -0.2) is 0 Å². The summed E-state index contributed by atoms with van der Waals surface area (Å²) < 4.78 is 0. The topological polar surface area (TPSA) is 57.6 Å². The number of hydrogen-bond acceptors (Lipinski definition) is 2. The zero-order valence-electron chi connectivity index (χ0n) is 10.5. The second-order valence-corrected chi connectivity index (χ2v) is 4.71. The Labute approximate surface area is 101 Å². The smallest absolute Gasteiger partial charge is 0.313 e. The Bertz CT molecular complexity index is 432. The van der Waals surface area contributed by atoms with Crippen LogP contribution in [0.3, 0.4) is 0 Å². The molecule has 0 bridgehead atoms. The van der Waals surface area contributed by atoms with Gasteiger partial charge in [0, 0.05) is 19.7 Å². The monoisotopic (exact) mass is 235 g/mol. The van der Waals surface area contributed by atoms with Gasteiger partial charge < -0.3 is 10.0 Å². The number of amides is 1. The minimum Gasteiger partial charge on any atom is -0.481 e. The number of carboxylic acids is 1. The lowest BCUT2D eigenvalue weighted by Gasteiger charge is -2.20. The molecule has 1 N–H and O–H groups in total. The molecule has 0 radical (unpaired) electrons. The van der Waals surface area contributed by atoms with Gasteiger partial charge in [0.25, 0.3) is 5.91 Å². The van der Waals surface area contributed by atoms with Gasteiger partial charge in [0.1, 0.15) is 0 Å². The maximum atomic E-state index is 11.6. The van der Waals surface area contributed by atoms with E-state index in [9.17, 15) is 9.59 Å². The van der Waals surface area contributed by atoms with Gasteiger partial charge in [-0.05, 0) is 31.5 Å². The SMILES string of the molecule is CN(C)C(=O)c1ccc(C(C)(C)C(=O)O)cc1. The summed E-state index contributed by atoms with van der Waals surface area (Å²) in [6.45, 7) is 3.27. The molecule has 92 valence electrons. The second-order valence-electron chi connectivity index (χ2n) is 4.71. The molecule has 0 atom stereocenters. The summed E-state index contributed by atoms with van der Waals surface area (Å²) in [7, 11) is 3.36. The number of carbonyl (C=O) groups is 2. The van der Waals surface area contributed by atoms with E-state index < -0.39 is 11.4 Å². The summed E-state index contributed by atoms with van der Waals surface area (Å²) >= 11 is 0. The molecule has 1 aromatic rings. The quantitative estimate of drug-likeness (QED) is 0.868. The van der Waals surface area contributed by atoms with Gasteiger partial charge in [-0.2, -0.15) is 0 Å². The maximum Gasteiger partial charge on any atom is 0.313 e. The predicted molar refractivity (Wildman–Crippen MR) is 65.1 cm³/mol. The molecule has 17 heavy (non-hydrogen) atoms. The lowest BCUT2D eigenvalue weighted by atomic mass is 9.84. The molecule has 0 aliphatic carbocycles. The molecular formula is C13H17NO3. The van der Waals surface area contributed by atoms with Crippen molar-refractivity contribution >= 4 is 11.9 Å². The standard InChI is InChI=1S/C13H17NO3/c1-13(2,12(16)17)10-7-5-9(6-8-10)11(15)14(3)4/h5-8H,1-4H3,(H,16,17). The van der Waals surface area contributed by atoms with Crippen LogP contribution >= 0.6 is 0 Å². The van der Waals surface area contributed by atoms with Crippen LogP contribution < -0.4 is 0 Å². The first-order chi connectivity index (χ1) is 7.76. The highest BCUT2D eigenvalue weighted by atomic mass is 16.4. The molecule has 0 heterocycles. The molecule has 1 aromatic carbocycles. The number of benzene rings is 1. The summed E-state index contributed by atoms with van der Waals surface area (Å²) in [4.78, 5) is 24.2. The number of nitrogens with zero attached hydrogens (tertiary/aromatic N) is 1. The van der Waals surface area contributed by atoms with Crippen molar-refractivity contribution in [2.45, 2.75) is 19.3 Å². The van der Waals surface area contributed by atoms with E-state index in [1.807, 2.05) is 0 Å². The van der Waals surface area contributed by atoms with E-state index in [1.165, 1.54) is 4.90 Å². The van der Waals surface area contributed by atoms with Crippen molar-refractivity contribution in [2.75, 3.05) is 14.1 Å². The Kier molecular flexibility index (Phi) is 3.56. The van der Waals surface area contributed by atoms with Crippen LogP contribution in [0.5, 0.6) is 0 Å². The third-order valence-corrected chi connectivity index (χ3v) is 2.79. The van der Waals surface area contributed by atoms with E-state index in [1.54, 1.807) is 52.2 Å². The minimum absolute atomic E-state index is 0.0929. The third-order valence-electron chi connectivity index (χ3n) is 2.79. The van der Waals surface area contributed by atoms with Gasteiger partial charge in [0.15, 0.2) is 0 Å². The van der Waals surface area contributed by atoms with Crippen LogP contribution in [-0.4, -0.2) is 36.0 Å². The van der Waals surface area contributed by atoms with E-state index in [0.717, 1.165) is 0 Å². The van der Waals surface area contributed by atoms with Crippen LogP contribution in [0.1, 0.15) is 29.8 Å². The molecule has 0 unspecified atom stereocenters. The van der Waals surface area contributed by atoms with Gasteiger partial charge >= 0.3 is 5.97 Å². The number of rotatable bonds is 3. The molecule has 4 heteroatoms. The number of aliphatic carboxylic acids is 1.